The summed E-state index contributed by atoms with van der Waals surface area (Å²) in [5, 5.41) is 9.62. The van der Waals surface area contributed by atoms with E-state index in [4.69, 9.17) is 4.74 Å². The van der Waals surface area contributed by atoms with E-state index >= 15 is 0 Å². The molecule has 6 nitrogen and oxygen atoms in total. The molecule has 0 bridgehead atoms. The minimum atomic E-state index is 0.221. The van der Waals surface area contributed by atoms with Crippen molar-refractivity contribution in [3.05, 3.63) is 5.82 Å². The van der Waals surface area contributed by atoms with Gasteiger partial charge in [-0.05, 0) is 52.4 Å². The number of amides is 1. The number of nitrogens with zero attached hydrogens (tertiary/aromatic N) is 4. The maximum Gasteiger partial charge on any atom is 0.233 e. The zero-order valence-corrected chi connectivity index (χ0v) is 17.1. The molecule has 0 radical (unpaired) electrons. The molecule has 2 saturated heterocycles. The summed E-state index contributed by atoms with van der Waals surface area (Å²) in [4.78, 5) is 14.9. The van der Waals surface area contributed by atoms with Crippen molar-refractivity contribution in [2.45, 2.75) is 95.6 Å². The molecule has 1 aromatic heterocycles. The third-order valence-electron chi connectivity index (χ3n) is 5.48. The fraction of sp³-hybridized carbons (Fsp3) is 0.842. The minimum absolute atomic E-state index is 0.221. The van der Waals surface area contributed by atoms with Gasteiger partial charge in [-0.3, -0.25) is 4.79 Å². The molecule has 7 heteroatoms. The van der Waals surface area contributed by atoms with Crippen LogP contribution in [0.5, 0.6) is 0 Å². The monoisotopic (exact) mass is 380 g/mol. The van der Waals surface area contributed by atoms with Crippen LogP contribution in [0, 0.1) is 0 Å². The van der Waals surface area contributed by atoms with E-state index in [0.717, 1.165) is 62.7 Å². The molecule has 2 aliphatic heterocycles. The Balaban J connectivity index is 1.65. The Bertz CT molecular complexity index is 590. The largest absolute Gasteiger partial charge is 0.376 e. The molecule has 0 aromatic carbocycles. The van der Waals surface area contributed by atoms with Crippen LogP contribution in [-0.2, 0) is 22.5 Å². The highest BCUT2D eigenvalue weighted by atomic mass is 32.2. The van der Waals surface area contributed by atoms with Gasteiger partial charge in [0, 0.05) is 25.1 Å². The molecule has 1 amide bonds. The summed E-state index contributed by atoms with van der Waals surface area (Å²) in [6, 6.07) is 0.680. The number of aromatic nitrogens is 3. The highest BCUT2D eigenvalue weighted by Crippen LogP contribution is 2.26. The Labute approximate surface area is 161 Å². The highest BCUT2D eigenvalue weighted by Gasteiger charge is 2.29. The number of piperidine rings is 1. The first kappa shape index (κ1) is 19.7. The van der Waals surface area contributed by atoms with E-state index < -0.39 is 0 Å². The van der Waals surface area contributed by atoms with Crippen molar-refractivity contribution >= 4 is 17.7 Å². The summed E-state index contributed by atoms with van der Waals surface area (Å²) < 4.78 is 7.98. The quantitative estimate of drug-likeness (QED) is 0.679. The van der Waals surface area contributed by atoms with Gasteiger partial charge in [-0.1, -0.05) is 18.7 Å². The van der Waals surface area contributed by atoms with Gasteiger partial charge >= 0.3 is 0 Å². The van der Waals surface area contributed by atoms with Crippen molar-refractivity contribution < 1.29 is 9.53 Å². The van der Waals surface area contributed by atoms with E-state index in [1.807, 2.05) is 0 Å². The van der Waals surface area contributed by atoms with E-state index in [1.54, 1.807) is 0 Å². The summed E-state index contributed by atoms with van der Waals surface area (Å²) in [6.07, 6.45) is 7.85. The fourth-order valence-electron chi connectivity index (χ4n) is 4.12. The van der Waals surface area contributed by atoms with E-state index in [1.165, 1.54) is 18.2 Å². The van der Waals surface area contributed by atoms with Crippen LogP contribution in [-0.4, -0.2) is 56.1 Å². The molecular weight excluding hydrogens is 348 g/mol. The van der Waals surface area contributed by atoms with Crippen LogP contribution in [0.25, 0.3) is 0 Å². The molecule has 2 fully saturated rings. The molecule has 0 saturated carbocycles. The minimum Gasteiger partial charge on any atom is -0.376 e. The predicted molar refractivity (Wildman–Crippen MR) is 103 cm³/mol. The predicted octanol–water partition coefficient (Wildman–Crippen LogP) is 3.29. The Hall–Kier alpha value is -1.08. The number of carbonyl (C=O) groups is 1. The average molecular weight is 381 g/mol. The topological polar surface area (TPSA) is 60.2 Å². The number of hydrogen-bond acceptors (Lipinski definition) is 5. The molecule has 0 aliphatic carbocycles. The van der Waals surface area contributed by atoms with Crippen molar-refractivity contribution in [2.75, 3.05) is 12.4 Å². The first-order valence-electron chi connectivity index (χ1n) is 10.1. The van der Waals surface area contributed by atoms with E-state index in [-0.39, 0.29) is 12.0 Å². The molecular formula is C19H32N4O2S. The zero-order chi connectivity index (χ0) is 18.5. The standard InChI is InChI=1S/C19H32N4O2S/c1-4-7-17-20-21-19(22(17)12-16-10-6-11-25-16)26-13-18(24)23-14(2)8-5-9-15(23)3/h14-16H,4-13H2,1-3H3/t14-,15+,16-/m1/s1. The van der Waals surface area contributed by atoms with Crippen molar-refractivity contribution in [1.82, 2.24) is 19.7 Å². The maximum absolute atomic E-state index is 12.8. The summed E-state index contributed by atoms with van der Waals surface area (Å²) >= 11 is 1.53. The summed E-state index contributed by atoms with van der Waals surface area (Å²) in [6.45, 7) is 8.13. The molecule has 1 aromatic rings. The van der Waals surface area contributed by atoms with Gasteiger partial charge in [0.25, 0.3) is 0 Å². The molecule has 3 rings (SSSR count). The van der Waals surface area contributed by atoms with E-state index in [9.17, 15) is 4.79 Å². The normalized spacial score (nSPS) is 26.4. The zero-order valence-electron chi connectivity index (χ0n) is 16.3. The molecule has 0 spiro atoms. The number of carbonyl (C=O) groups excluding carboxylic acids is 1. The van der Waals surface area contributed by atoms with Crippen LogP contribution < -0.4 is 0 Å². The average Bonchev–Trinajstić information content (AvgIpc) is 3.25. The maximum atomic E-state index is 12.8. The lowest BCUT2D eigenvalue weighted by Gasteiger charge is -2.39. The van der Waals surface area contributed by atoms with Gasteiger partial charge in [0.2, 0.25) is 5.91 Å². The molecule has 26 heavy (non-hydrogen) atoms. The third kappa shape index (κ3) is 4.60. The lowest BCUT2D eigenvalue weighted by molar-refractivity contribution is -0.134. The Morgan fingerprint density at radius 2 is 1.96 bits per heavy atom. The lowest BCUT2D eigenvalue weighted by Crippen LogP contribution is -2.48. The smallest absolute Gasteiger partial charge is 0.233 e. The first-order chi connectivity index (χ1) is 12.6. The fourth-order valence-corrected chi connectivity index (χ4v) is 4.96. The van der Waals surface area contributed by atoms with Gasteiger partial charge < -0.3 is 14.2 Å². The Kier molecular flexibility index (Phi) is 6.98. The summed E-state index contributed by atoms with van der Waals surface area (Å²) in [5.74, 6) is 1.67. The number of likely N-dealkylation sites (tertiary alicyclic amines) is 1. The Morgan fingerprint density at radius 1 is 1.19 bits per heavy atom. The molecule has 0 N–H and O–H groups in total. The molecule has 3 heterocycles. The van der Waals surface area contributed by atoms with Gasteiger partial charge in [0.1, 0.15) is 5.82 Å². The number of ether oxygens (including phenoxy) is 1. The molecule has 146 valence electrons. The van der Waals surface area contributed by atoms with Crippen molar-refractivity contribution in [3.63, 3.8) is 0 Å². The van der Waals surface area contributed by atoms with E-state index in [2.05, 4.69) is 40.4 Å². The van der Waals surface area contributed by atoms with Crippen molar-refractivity contribution in [2.24, 2.45) is 0 Å². The second kappa shape index (κ2) is 9.22. The molecule has 0 unspecified atom stereocenters. The molecule has 2 aliphatic rings. The van der Waals surface area contributed by atoms with Gasteiger partial charge in [-0.15, -0.1) is 10.2 Å². The van der Waals surface area contributed by atoms with Gasteiger partial charge in [-0.25, -0.2) is 0 Å². The highest BCUT2D eigenvalue weighted by molar-refractivity contribution is 7.99. The lowest BCUT2D eigenvalue weighted by atomic mass is 9.98. The third-order valence-corrected chi connectivity index (χ3v) is 6.44. The van der Waals surface area contributed by atoms with Gasteiger partial charge in [0.05, 0.1) is 18.4 Å². The second-order valence-corrected chi connectivity index (χ2v) is 8.56. The number of thioether (sulfide) groups is 1. The van der Waals surface area contributed by atoms with Crippen LogP contribution in [0.2, 0.25) is 0 Å². The van der Waals surface area contributed by atoms with Crippen LogP contribution in [0.15, 0.2) is 5.16 Å². The Morgan fingerprint density at radius 3 is 2.62 bits per heavy atom. The van der Waals surface area contributed by atoms with Crippen LogP contribution >= 0.6 is 11.8 Å². The van der Waals surface area contributed by atoms with E-state index in [0.29, 0.717) is 17.8 Å². The number of aryl methyl sites for hydroxylation is 1. The summed E-state index contributed by atoms with van der Waals surface area (Å²) in [7, 11) is 0. The van der Waals surface area contributed by atoms with Crippen molar-refractivity contribution in [1.29, 1.82) is 0 Å². The first-order valence-corrected chi connectivity index (χ1v) is 11.1. The van der Waals surface area contributed by atoms with Gasteiger partial charge in [-0.2, -0.15) is 0 Å². The van der Waals surface area contributed by atoms with Crippen LogP contribution in [0.1, 0.15) is 65.1 Å². The number of hydrogen-bond donors (Lipinski definition) is 0. The van der Waals surface area contributed by atoms with Crippen LogP contribution in [0.4, 0.5) is 0 Å². The second-order valence-electron chi connectivity index (χ2n) is 7.61. The van der Waals surface area contributed by atoms with Crippen molar-refractivity contribution in [3.8, 4) is 0 Å². The SMILES string of the molecule is CCCc1nnc(SCC(=O)N2[C@H](C)CCC[C@@H]2C)n1C[C@H]1CCCO1. The molecule has 3 atom stereocenters. The van der Waals surface area contributed by atoms with Gasteiger partial charge in [0.15, 0.2) is 5.16 Å². The van der Waals surface area contributed by atoms with Crippen LogP contribution in [0.3, 0.4) is 0 Å². The number of rotatable bonds is 7. The summed E-state index contributed by atoms with van der Waals surface area (Å²) in [5.41, 5.74) is 0.